The van der Waals surface area contributed by atoms with Crippen LogP contribution in [-0.4, -0.2) is 25.9 Å². The maximum atomic E-state index is 13.1. The summed E-state index contributed by atoms with van der Waals surface area (Å²) in [7, 11) is -3.85. The van der Waals surface area contributed by atoms with Crippen LogP contribution >= 0.6 is 0 Å². The Morgan fingerprint density at radius 2 is 1.82 bits per heavy atom. The summed E-state index contributed by atoms with van der Waals surface area (Å²) in [6, 6.07) is 17.0. The molecular weight excluding hydrogens is 381 g/mol. The van der Waals surface area contributed by atoms with Gasteiger partial charge >= 0.3 is 0 Å². The molecule has 8 heteroatoms. The second-order valence-corrected chi connectivity index (χ2v) is 7.71. The fourth-order valence-electron chi connectivity index (χ4n) is 2.65. The predicted octanol–water partition coefficient (Wildman–Crippen LogP) is 3.69. The van der Waals surface area contributed by atoms with Gasteiger partial charge in [0.25, 0.3) is 15.9 Å². The Hall–Kier alpha value is -3.26. The van der Waals surface area contributed by atoms with Crippen LogP contribution in [0.1, 0.15) is 17.3 Å². The van der Waals surface area contributed by atoms with Gasteiger partial charge in [-0.15, -0.1) is 0 Å². The van der Waals surface area contributed by atoms with Crippen LogP contribution in [0.3, 0.4) is 0 Å². The van der Waals surface area contributed by atoms with E-state index < -0.39 is 21.7 Å². The first kappa shape index (κ1) is 19.5. The molecule has 0 atom stereocenters. The molecule has 1 amide bonds. The number of carbonyl (C=O) groups excluding carboxylic acids is 1. The van der Waals surface area contributed by atoms with Crippen LogP contribution in [0, 0.1) is 5.82 Å². The van der Waals surface area contributed by atoms with Gasteiger partial charge in [-0.1, -0.05) is 24.3 Å². The van der Waals surface area contributed by atoms with E-state index in [9.17, 15) is 17.6 Å². The van der Waals surface area contributed by atoms with Crippen LogP contribution in [0.4, 0.5) is 15.9 Å². The lowest BCUT2D eigenvalue weighted by Gasteiger charge is -2.23. The highest BCUT2D eigenvalue weighted by molar-refractivity contribution is 7.92. The average Bonchev–Trinajstić information content (AvgIpc) is 2.71. The highest BCUT2D eigenvalue weighted by Gasteiger charge is 2.24. The SMILES string of the molecule is CCN(c1ccccc1)S(=O)(=O)c1cccc(C(=O)Nc2ccc(F)cn2)c1. The van der Waals surface area contributed by atoms with Crippen molar-refractivity contribution in [1.82, 2.24) is 4.98 Å². The quantitative estimate of drug-likeness (QED) is 0.686. The number of benzene rings is 2. The molecular formula is C20H18FN3O3S. The maximum Gasteiger partial charge on any atom is 0.264 e. The van der Waals surface area contributed by atoms with Gasteiger partial charge in [-0.25, -0.2) is 17.8 Å². The lowest BCUT2D eigenvalue weighted by atomic mass is 10.2. The van der Waals surface area contributed by atoms with E-state index in [0.717, 1.165) is 6.20 Å². The predicted molar refractivity (Wildman–Crippen MR) is 105 cm³/mol. The van der Waals surface area contributed by atoms with Crippen LogP contribution in [-0.2, 0) is 10.0 Å². The van der Waals surface area contributed by atoms with Gasteiger partial charge in [-0.2, -0.15) is 0 Å². The van der Waals surface area contributed by atoms with Gasteiger partial charge in [0.15, 0.2) is 0 Å². The number of aromatic nitrogens is 1. The first-order chi connectivity index (χ1) is 13.4. The summed E-state index contributed by atoms with van der Waals surface area (Å²) < 4.78 is 40.4. The van der Waals surface area contributed by atoms with E-state index in [1.165, 1.54) is 40.7 Å². The second kappa shape index (κ2) is 8.18. The Balaban J connectivity index is 1.89. The zero-order valence-corrected chi connectivity index (χ0v) is 15.9. The molecule has 0 fully saturated rings. The number of nitrogens with zero attached hydrogens (tertiary/aromatic N) is 2. The number of amides is 1. The molecule has 0 aliphatic rings. The van der Waals surface area contributed by atoms with Gasteiger partial charge in [0.05, 0.1) is 16.8 Å². The highest BCUT2D eigenvalue weighted by Crippen LogP contribution is 2.24. The molecule has 28 heavy (non-hydrogen) atoms. The van der Waals surface area contributed by atoms with Crippen LogP contribution in [0.15, 0.2) is 77.8 Å². The summed E-state index contributed by atoms with van der Waals surface area (Å²) in [5.74, 6) is -0.898. The van der Waals surface area contributed by atoms with Crippen LogP contribution < -0.4 is 9.62 Å². The molecule has 3 aromatic rings. The van der Waals surface area contributed by atoms with E-state index in [1.54, 1.807) is 37.3 Å². The number of rotatable bonds is 6. The maximum absolute atomic E-state index is 13.1. The van der Waals surface area contributed by atoms with Crippen molar-refractivity contribution < 1.29 is 17.6 Å². The minimum atomic E-state index is -3.85. The van der Waals surface area contributed by atoms with Crippen LogP contribution in [0.2, 0.25) is 0 Å². The zero-order valence-electron chi connectivity index (χ0n) is 15.0. The third-order valence-electron chi connectivity index (χ3n) is 3.98. The van der Waals surface area contributed by atoms with Crippen molar-refractivity contribution in [1.29, 1.82) is 0 Å². The Morgan fingerprint density at radius 3 is 2.46 bits per heavy atom. The van der Waals surface area contributed by atoms with Gasteiger partial charge in [0.2, 0.25) is 0 Å². The third kappa shape index (κ3) is 4.17. The normalized spacial score (nSPS) is 11.1. The summed E-state index contributed by atoms with van der Waals surface area (Å²) in [6.45, 7) is 1.98. The molecule has 0 bridgehead atoms. The van der Waals surface area contributed by atoms with E-state index in [-0.39, 0.29) is 22.8 Å². The minimum Gasteiger partial charge on any atom is -0.307 e. The standard InChI is InChI=1S/C20H18FN3O3S/c1-2-24(17-8-4-3-5-9-17)28(26,27)18-10-6-7-15(13-18)20(25)23-19-12-11-16(21)14-22-19/h3-14H,2H2,1H3,(H,22,23,25). The molecule has 0 saturated heterocycles. The van der Waals surface area contributed by atoms with Gasteiger partial charge in [0.1, 0.15) is 11.6 Å². The van der Waals surface area contributed by atoms with Crippen molar-refractivity contribution in [3.8, 4) is 0 Å². The van der Waals surface area contributed by atoms with E-state index >= 15 is 0 Å². The van der Waals surface area contributed by atoms with E-state index in [2.05, 4.69) is 10.3 Å². The number of para-hydroxylation sites is 1. The number of hydrogen-bond donors (Lipinski definition) is 1. The van der Waals surface area contributed by atoms with Gasteiger partial charge < -0.3 is 5.32 Å². The van der Waals surface area contributed by atoms with E-state index in [4.69, 9.17) is 0 Å². The summed E-state index contributed by atoms with van der Waals surface area (Å²) >= 11 is 0. The Bertz CT molecular complexity index is 1070. The van der Waals surface area contributed by atoms with Crippen molar-refractivity contribution in [3.63, 3.8) is 0 Å². The molecule has 1 heterocycles. The number of pyridine rings is 1. The number of sulfonamides is 1. The number of nitrogens with one attached hydrogen (secondary N) is 1. The summed E-state index contributed by atoms with van der Waals surface area (Å²) in [5, 5.41) is 2.51. The van der Waals surface area contributed by atoms with Crippen molar-refractivity contribution in [2.24, 2.45) is 0 Å². The molecule has 0 aliphatic carbocycles. The molecule has 0 saturated carbocycles. The third-order valence-corrected chi connectivity index (χ3v) is 5.88. The number of hydrogen-bond acceptors (Lipinski definition) is 4. The number of halogens is 1. The fraction of sp³-hybridized carbons (Fsp3) is 0.100. The Morgan fingerprint density at radius 1 is 1.07 bits per heavy atom. The number of carbonyl (C=O) groups is 1. The Labute approximate surface area is 162 Å². The molecule has 1 aromatic heterocycles. The van der Waals surface area contributed by atoms with Gasteiger partial charge in [0, 0.05) is 12.1 Å². The lowest BCUT2D eigenvalue weighted by molar-refractivity contribution is 0.102. The summed E-state index contributed by atoms with van der Waals surface area (Å²) in [5.41, 5.74) is 0.687. The molecule has 1 N–H and O–H groups in total. The largest absolute Gasteiger partial charge is 0.307 e. The molecule has 0 unspecified atom stereocenters. The van der Waals surface area contributed by atoms with E-state index in [1.807, 2.05) is 0 Å². The topological polar surface area (TPSA) is 79.4 Å². The average molecular weight is 399 g/mol. The number of anilines is 2. The van der Waals surface area contributed by atoms with Crippen molar-refractivity contribution in [3.05, 3.63) is 84.3 Å². The molecule has 0 spiro atoms. The first-order valence-corrected chi connectivity index (χ1v) is 9.96. The highest BCUT2D eigenvalue weighted by atomic mass is 32.2. The van der Waals surface area contributed by atoms with Gasteiger partial charge in [-0.3, -0.25) is 9.10 Å². The lowest BCUT2D eigenvalue weighted by Crippen LogP contribution is -2.31. The molecule has 3 rings (SSSR count). The van der Waals surface area contributed by atoms with E-state index in [0.29, 0.717) is 5.69 Å². The zero-order chi connectivity index (χ0) is 20.1. The molecule has 0 aliphatic heterocycles. The van der Waals surface area contributed by atoms with Crippen molar-refractivity contribution in [2.45, 2.75) is 11.8 Å². The Kier molecular flexibility index (Phi) is 5.70. The summed E-state index contributed by atoms with van der Waals surface area (Å²) in [4.78, 5) is 16.2. The monoisotopic (exact) mass is 399 g/mol. The molecule has 0 radical (unpaired) electrons. The van der Waals surface area contributed by atoms with Crippen molar-refractivity contribution in [2.75, 3.05) is 16.2 Å². The smallest absolute Gasteiger partial charge is 0.264 e. The minimum absolute atomic E-state index is 0.00193. The molecule has 2 aromatic carbocycles. The molecule has 144 valence electrons. The van der Waals surface area contributed by atoms with Gasteiger partial charge in [-0.05, 0) is 49.4 Å². The van der Waals surface area contributed by atoms with Crippen LogP contribution in [0.25, 0.3) is 0 Å². The fourth-order valence-corrected chi connectivity index (χ4v) is 4.17. The molecule has 6 nitrogen and oxygen atoms in total. The first-order valence-electron chi connectivity index (χ1n) is 8.52. The van der Waals surface area contributed by atoms with Crippen molar-refractivity contribution >= 4 is 27.4 Å². The summed E-state index contributed by atoms with van der Waals surface area (Å²) in [6.07, 6.45) is 0.982. The second-order valence-electron chi connectivity index (χ2n) is 5.85. The van der Waals surface area contributed by atoms with Crippen LogP contribution in [0.5, 0.6) is 0 Å².